The van der Waals surface area contributed by atoms with Gasteiger partial charge in [0.05, 0.1) is 5.69 Å². The molecule has 0 radical (unpaired) electrons. The van der Waals surface area contributed by atoms with Gasteiger partial charge >= 0.3 is 0 Å². The average molecular weight is 382 g/mol. The molecule has 140 valence electrons. The second-order valence-electron chi connectivity index (χ2n) is 6.74. The summed E-state index contributed by atoms with van der Waals surface area (Å²) in [5.74, 6) is 2.09. The largest absolute Gasteiger partial charge is 0.374 e. The van der Waals surface area contributed by atoms with Crippen LogP contribution >= 0.6 is 11.5 Å². The highest BCUT2D eigenvalue weighted by Gasteiger charge is 2.25. The van der Waals surface area contributed by atoms with Crippen molar-refractivity contribution in [3.05, 3.63) is 54.2 Å². The summed E-state index contributed by atoms with van der Waals surface area (Å²) in [6.45, 7) is 3.86. The molecule has 0 N–H and O–H groups in total. The van der Waals surface area contributed by atoms with E-state index in [-0.39, 0.29) is 6.10 Å². The number of piperidine rings is 1. The van der Waals surface area contributed by atoms with E-state index in [9.17, 15) is 0 Å². The molecule has 3 aromatic rings. The molecule has 1 fully saturated rings. The van der Waals surface area contributed by atoms with Gasteiger partial charge in [0.25, 0.3) is 0 Å². The lowest BCUT2D eigenvalue weighted by Gasteiger charge is -2.30. The van der Waals surface area contributed by atoms with Gasteiger partial charge in [-0.05, 0) is 25.8 Å². The fraction of sp³-hybridized carbons (Fsp3) is 0.400. The van der Waals surface area contributed by atoms with E-state index in [1.54, 1.807) is 7.11 Å². The lowest BCUT2D eigenvalue weighted by atomic mass is 9.96. The first-order chi connectivity index (χ1) is 13.2. The standard InChI is InChI=1S/C20H23N5OS/c1-14(26-2)18-23-20(27-24-18)25-12-9-16(10-13-25)19-21-11-8-17(22-19)15-6-4-3-5-7-15/h3-8,11,14,16H,9-10,12-13H2,1-2H3. The minimum Gasteiger partial charge on any atom is -0.374 e. The molecule has 0 spiro atoms. The molecule has 7 heteroatoms. The summed E-state index contributed by atoms with van der Waals surface area (Å²) in [4.78, 5) is 16.3. The minimum atomic E-state index is -0.0679. The van der Waals surface area contributed by atoms with Crippen LogP contribution in [0, 0.1) is 0 Å². The maximum absolute atomic E-state index is 5.31. The quantitative estimate of drug-likeness (QED) is 0.663. The lowest BCUT2D eigenvalue weighted by molar-refractivity contribution is 0.113. The molecule has 1 saturated heterocycles. The Hall–Kier alpha value is -2.38. The third-order valence-electron chi connectivity index (χ3n) is 5.02. The van der Waals surface area contributed by atoms with Crippen molar-refractivity contribution in [1.82, 2.24) is 19.3 Å². The summed E-state index contributed by atoms with van der Waals surface area (Å²) in [5.41, 5.74) is 2.12. The van der Waals surface area contributed by atoms with Gasteiger partial charge in [-0.25, -0.2) is 15.0 Å². The maximum atomic E-state index is 5.31. The fourth-order valence-electron chi connectivity index (χ4n) is 3.29. The number of hydrogen-bond acceptors (Lipinski definition) is 7. The zero-order chi connectivity index (χ0) is 18.6. The molecule has 1 aliphatic heterocycles. The lowest BCUT2D eigenvalue weighted by Crippen LogP contribution is -2.33. The Morgan fingerprint density at radius 1 is 1.11 bits per heavy atom. The summed E-state index contributed by atoms with van der Waals surface area (Å²) in [6.07, 6.45) is 3.85. The Bertz CT molecular complexity index is 877. The van der Waals surface area contributed by atoms with Crippen LogP contribution in [0.15, 0.2) is 42.6 Å². The monoisotopic (exact) mass is 381 g/mol. The van der Waals surface area contributed by atoms with Gasteiger partial charge in [-0.1, -0.05) is 30.3 Å². The van der Waals surface area contributed by atoms with Crippen molar-refractivity contribution in [2.75, 3.05) is 25.1 Å². The van der Waals surface area contributed by atoms with E-state index in [0.29, 0.717) is 5.92 Å². The van der Waals surface area contributed by atoms with E-state index in [1.807, 2.05) is 37.4 Å². The van der Waals surface area contributed by atoms with E-state index in [1.165, 1.54) is 11.5 Å². The zero-order valence-electron chi connectivity index (χ0n) is 15.6. The van der Waals surface area contributed by atoms with Crippen molar-refractivity contribution in [3.63, 3.8) is 0 Å². The van der Waals surface area contributed by atoms with Gasteiger partial charge in [0.1, 0.15) is 11.9 Å². The summed E-state index contributed by atoms with van der Waals surface area (Å²) < 4.78 is 9.73. The third-order valence-corrected chi connectivity index (χ3v) is 5.81. The van der Waals surface area contributed by atoms with Gasteiger partial charge in [0, 0.05) is 49.4 Å². The molecule has 4 rings (SSSR count). The third kappa shape index (κ3) is 3.99. The number of aromatic nitrogens is 4. The minimum absolute atomic E-state index is 0.0679. The van der Waals surface area contributed by atoms with E-state index >= 15 is 0 Å². The van der Waals surface area contributed by atoms with Gasteiger partial charge in [-0.15, -0.1) is 0 Å². The molecule has 1 aliphatic rings. The Labute approximate surface area is 163 Å². The van der Waals surface area contributed by atoms with Gasteiger partial charge in [0.2, 0.25) is 5.13 Å². The average Bonchev–Trinajstić information content (AvgIpc) is 3.24. The maximum Gasteiger partial charge on any atom is 0.205 e. The summed E-state index contributed by atoms with van der Waals surface area (Å²) >= 11 is 1.45. The van der Waals surface area contributed by atoms with Crippen molar-refractivity contribution >= 4 is 16.7 Å². The number of methoxy groups -OCH3 is 1. The molecular weight excluding hydrogens is 358 g/mol. The van der Waals surface area contributed by atoms with E-state index in [4.69, 9.17) is 9.72 Å². The Balaban J connectivity index is 1.43. The summed E-state index contributed by atoms with van der Waals surface area (Å²) in [7, 11) is 1.68. The number of hydrogen-bond donors (Lipinski definition) is 0. The fourth-order valence-corrected chi connectivity index (χ4v) is 4.09. The van der Waals surface area contributed by atoms with Crippen LogP contribution in [0.3, 0.4) is 0 Å². The van der Waals surface area contributed by atoms with Gasteiger partial charge in [-0.2, -0.15) is 4.37 Å². The normalized spacial score (nSPS) is 16.4. The number of benzene rings is 1. The van der Waals surface area contributed by atoms with Crippen LogP contribution in [0.2, 0.25) is 0 Å². The Kier molecular flexibility index (Phi) is 5.40. The molecule has 0 saturated carbocycles. The van der Waals surface area contributed by atoms with Crippen LogP contribution < -0.4 is 4.90 Å². The Morgan fingerprint density at radius 3 is 2.63 bits per heavy atom. The number of nitrogens with zero attached hydrogens (tertiary/aromatic N) is 5. The smallest absolute Gasteiger partial charge is 0.205 e. The van der Waals surface area contributed by atoms with E-state index in [2.05, 4.69) is 31.4 Å². The van der Waals surface area contributed by atoms with Crippen LogP contribution in [0.5, 0.6) is 0 Å². The van der Waals surface area contributed by atoms with Crippen LogP contribution in [-0.4, -0.2) is 39.5 Å². The summed E-state index contributed by atoms with van der Waals surface area (Å²) in [5, 5.41) is 0.978. The van der Waals surface area contributed by atoms with Crippen molar-refractivity contribution in [2.45, 2.75) is 31.8 Å². The molecule has 2 aromatic heterocycles. The number of ether oxygens (including phenoxy) is 1. The second-order valence-corrected chi connectivity index (χ2v) is 7.47. The van der Waals surface area contributed by atoms with Crippen molar-refractivity contribution < 1.29 is 4.74 Å². The first kappa shape index (κ1) is 18.0. The molecule has 1 unspecified atom stereocenters. The predicted octanol–water partition coefficient (Wildman–Crippen LogP) is 4.09. The van der Waals surface area contributed by atoms with E-state index in [0.717, 1.165) is 54.0 Å². The van der Waals surface area contributed by atoms with Gasteiger partial charge in [0.15, 0.2) is 5.82 Å². The molecule has 1 aromatic carbocycles. The molecule has 6 nitrogen and oxygen atoms in total. The number of rotatable bonds is 5. The van der Waals surface area contributed by atoms with Crippen molar-refractivity contribution in [2.24, 2.45) is 0 Å². The van der Waals surface area contributed by atoms with Gasteiger partial charge < -0.3 is 9.64 Å². The number of anilines is 1. The molecule has 3 heterocycles. The van der Waals surface area contributed by atoms with Crippen LogP contribution in [0.1, 0.15) is 43.4 Å². The topological polar surface area (TPSA) is 64.0 Å². The molecule has 0 aliphatic carbocycles. The first-order valence-corrected chi connectivity index (χ1v) is 10.0. The Morgan fingerprint density at radius 2 is 1.89 bits per heavy atom. The molecule has 27 heavy (non-hydrogen) atoms. The molecule has 0 amide bonds. The highest BCUT2D eigenvalue weighted by molar-refractivity contribution is 7.09. The summed E-state index contributed by atoms with van der Waals surface area (Å²) in [6, 6.07) is 12.2. The van der Waals surface area contributed by atoms with E-state index < -0.39 is 0 Å². The zero-order valence-corrected chi connectivity index (χ0v) is 16.4. The van der Waals surface area contributed by atoms with Crippen molar-refractivity contribution in [3.8, 4) is 11.3 Å². The second kappa shape index (κ2) is 8.10. The highest BCUT2D eigenvalue weighted by atomic mass is 32.1. The molecule has 0 bridgehead atoms. The van der Waals surface area contributed by atoms with Crippen LogP contribution in [-0.2, 0) is 4.74 Å². The molecular formula is C20H23N5OS. The first-order valence-electron chi connectivity index (χ1n) is 9.24. The van der Waals surface area contributed by atoms with Crippen LogP contribution in [0.4, 0.5) is 5.13 Å². The van der Waals surface area contributed by atoms with Crippen molar-refractivity contribution in [1.29, 1.82) is 0 Å². The predicted molar refractivity (Wildman–Crippen MR) is 107 cm³/mol. The van der Waals surface area contributed by atoms with Crippen LogP contribution in [0.25, 0.3) is 11.3 Å². The molecule has 1 atom stereocenters. The SMILES string of the molecule is COC(C)c1nsc(N2CCC(c3nccc(-c4ccccc4)n3)CC2)n1. The highest BCUT2D eigenvalue weighted by Crippen LogP contribution is 2.31. The van der Waals surface area contributed by atoms with Gasteiger partial charge in [-0.3, -0.25) is 0 Å².